The Morgan fingerprint density at radius 2 is 0.609 bits per heavy atom. The minimum absolute atomic E-state index is 1.09. The van der Waals surface area contributed by atoms with Gasteiger partial charge in [-0.2, -0.15) is 0 Å². The summed E-state index contributed by atoms with van der Waals surface area (Å²) < 4.78 is 0. The third kappa shape index (κ3) is 7.20. The molecule has 322 valence electrons. The van der Waals surface area contributed by atoms with Gasteiger partial charge >= 0.3 is 0 Å². The first-order chi connectivity index (χ1) is 34.2. The molecule has 0 spiro atoms. The van der Waals surface area contributed by atoms with E-state index >= 15 is 0 Å². The number of fused-ring (bicyclic) bond motifs is 8. The summed E-state index contributed by atoms with van der Waals surface area (Å²) in [6.45, 7) is 0. The largest absolute Gasteiger partial charge is 0.311 e. The second-order valence-corrected chi connectivity index (χ2v) is 18.0. The Hall–Kier alpha value is -9.04. The number of hydrogen-bond acceptors (Lipinski definition) is 1. The first kappa shape index (κ1) is 40.3. The van der Waals surface area contributed by atoms with Crippen molar-refractivity contribution in [2.75, 3.05) is 4.90 Å². The van der Waals surface area contributed by atoms with Gasteiger partial charge in [0.2, 0.25) is 0 Å². The SMILES string of the molecule is c1ccc(-c2ccc3ccccc3c2-c2ccc(N(c3ccc(-c4ccc(-c5ccc6ccccc6c5)cc4)cc3)c3ccc(-c4cccc5c6ccccc6c6ccccc6c45)cc3)cc2)cc1. The zero-order valence-electron chi connectivity index (χ0n) is 37.9. The Balaban J connectivity index is 0.902. The van der Waals surface area contributed by atoms with Crippen molar-refractivity contribution < 1.29 is 0 Å². The summed E-state index contributed by atoms with van der Waals surface area (Å²) in [5.41, 5.74) is 15.3. The smallest absolute Gasteiger partial charge is 0.0462 e. The molecule has 1 heteroatoms. The van der Waals surface area contributed by atoms with Crippen molar-refractivity contribution >= 4 is 70.9 Å². The van der Waals surface area contributed by atoms with Gasteiger partial charge in [0.1, 0.15) is 0 Å². The van der Waals surface area contributed by atoms with Crippen molar-refractivity contribution in [3.8, 4) is 55.6 Å². The number of benzene rings is 13. The normalized spacial score (nSPS) is 11.5. The first-order valence-electron chi connectivity index (χ1n) is 23.8. The van der Waals surface area contributed by atoms with Crippen LogP contribution < -0.4 is 4.90 Å². The second-order valence-electron chi connectivity index (χ2n) is 18.0. The lowest BCUT2D eigenvalue weighted by Gasteiger charge is -2.26. The topological polar surface area (TPSA) is 3.24 Å². The average molecular weight is 876 g/mol. The van der Waals surface area contributed by atoms with Crippen LogP contribution in [0.5, 0.6) is 0 Å². The number of anilines is 3. The molecular weight excluding hydrogens is 831 g/mol. The van der Waals surface area contributed by atoms with E-state index in [0.29, 0.717) is 0 Å². The van der Waals surface area contributed by atoms with E-state index in [1.54, 1.807) is 0 Å². The van der Waals surface area contributed by atoms with Crippen LogP contribution in [0.4, 0.5) is 17.1 Å². The quantitative estimate of drug-likeness (QED) is 0.138. The maximum absolute atomic E-state index is 2.38. The highest BCUT2D eigenvalue weighted by Gasteiger charge is 2.18. The molecule has 0 aliphatic rings. The molecule has 0 atom stereocenters. The van der Waals surface area contributed by atoms with E-state index in [4.69, 9.17) is 0 Å². The maximum atomic E-state index is 2.38. The minimum Gasteiger partial charge on any atom is -0.311 e. The Morgan fingerprint density at radius 3 is 1.23 bits per heavy atom. The summed E-state index contributed by atoms with van der Waals surface area (Å²) in [4.78, 5) is 2.38. The van der Waals surface area contributed by atoms with Gasteiger partial charge in [-0.25, -0.2) is 0 Å². The third-order valence-electron chi connectivity index (χ3n) is 14.1. The number of rotatable bonds is 8. The van der Waals surface area contributed by atoms with E-state index < -0.39 is 0 Å². The van der Waals surface area contributed by atoms with Crippen molar-refractivity contribution in [1.82, 2.24) is 0 Å². The van der Waals surface area contributed by atoms with E-state index in [0.717, 1.165) is 17.1 Å². The Labute approximate surface area is 402 Å². The first-order valence-corrected chi connectivity index (χ1v) is 23.8. The van der Waals surface area contributed by atoms with Crippen molar-refractivity contribution in [2.24, 2.45) is 0 Å². The fourth-order valence-corrected chi connectivity index (χ4v) is 10.7. The summed E-state index contributed by atoms with van der Waals surface area (Å²) in [5.74, 6) is 0. The molecule has 0 amide bonds. The van der Waals surface area contributed by atoms with Crippen molar-refractivity contribution in [3.63, 3.8) is 0 Å². The highest BCUT2D eigenvalue weighted by atomic mass is 15.1. The molecule has 0 fully saturated rings. The van der Waals surface area contributed by atoms with Crippen LogP contribution in [0.3, 0.4) is 0 Å². The monoisotopic (exact) mass is 875 g/mol. The fraction of sp³-hybridized carbons (Fsp3) is 0. The summed E-state index contributed by atoms with van der Waals surface area (Å²) >= 11 is 0. The van der Waals surface area contributed by atoms with Crippen LogP contribution in [0, 0.1) is 0 Å². The van der Waals surface area contributed by atoms with Gasteiger partial charge in [0.25, 0.3) is 0 Å². The third-order valence-corrected chi connectivity index (χ3v) is 14.1. The summed E-state index contributed by atoms with van der Waals surface area (Å²) in [6, 6.07) is 99.9. The fourth-order valence-electron chi connectivity index (χ4n) is 10.7. The van der Waals surface area contributed by atoms with Crippen LogP contribution in [-0.2, 0) is 0 Å². The molecule has 0 radical (unpaired) electrons. The zero-order valence-corrected chi connectivity index (χ0v) is 37.9. The molecule has 0 saturated heterocycles. The summed E-state index contributed by atoms with van der Waals surface area (Å²) in [7, 11) is 0. The molecule has 13 aromatic carbocycles. The van der Waals surface area contributed by atoms with Crippen molar-refractivity contribution in [1.29, 1.82) is 0 Å². The average Bonchev–Trinajstić information content (AvgIpc) is 3.43. The predicted octanol–water partition coefficient (Wildman–Crippen LogP) is 19.3. The lowest BCUT2D eigenvalue weighted by molar-refractivity contribution is 1.28. The molecule has 0 bridgehead atoms. The van der Waals surface area contributed by atoms with Gasteiger partial charge in [0.15, 0.2) is 0 Å². The Morgan fingerprint density at radius 1 is 0.203 bits per heavy atom. The minimum atomic E-state index is 1.09. The molecule has 0 unspecified atom stereocenters. The van der Waals surface area contributed by atoms with Crippen LogP contribution >= 0.6 is 0 Å². The Kier molecular flexibility index (Phi) is 9.91. The van der Waals surface area contributed by atoms with Gasteiger partial charge in [0, 0.05) is 17.1 Å². The highest BCUT2D eigenvalue weighted by Crippen LogP contribution is 2.44. The molecule has 0 N–H and O–H groups in total. The molecule has 0 aliphatic heterocycles. The van der Waals surface area contributed by atoms with Gasteiger partial charge in [-0.15, -0.1) is 0 Å². The van der Waals surface area contributed by atoms with E-state index in [1.807, 2.05) is 0 Å². The zero-order chi connectivity index (χ0) is 45.7. The standard InChI is InChI=1S/C68H45N/c1-2-14-50(15-3-1)61-44-37-51-16-6-7-18-59(51)67(61)53-35-42-58(43-36-53)69(56-38-31-48(32-39-56)47-25-27-49(28-26-47)55-30-29-46-13-4-5-17-54(46)45-55)57-40-33-52(34-41-57)60-23-12-24-66-64-20-9-8-19-62(64)63-21-10-11-22-65(63)68(60)66/h1-45H. The lowest BCUT2D eigenvalue weighted by Crippen LogP contribution is -2.09. The summed E-state index contributed by atoms with van der Waals surface area (Å²) in [5, 5.41) is 12.7. The molecule has 13 rings (SSSR count). The molecule has 1 nitrogen and oxygen atoms in total. The molecule has 0 aromatic heterocycles. The molecule has 69 heavy (non-hydrogen) atoms. The molecule has 0 heterocycles. The van der Waals surface area contributed by atoms with E-state index in [1.165, 1.54) is 109 Å². The van der Waals surface area contributed by atoms with E-state index in [2.05, 4.69) is 278 Å². The van der Waals surface area contributed by atoms with E-state index in [9.17, 15) is 0 Å². The van der Waals surface area contributed by atoms with Gasteiger partial charge in [-0.1, -0.05) is 231 Å². The molecule has 0 saturated carbocycles. The molecule has 0 aliphatic carbocycles. The van der Waals surface area contributed by atoms with Crippen molar-refractivity contribution in [2.45, 2.75) is 0 Å². The van der Waals surface area contributed by atoms with Crippen LogP contribution in [0.2, 0.25) is 0 Å². The number of hydrogen-bond donors (Lipinski definition) is 0. The molecule has 13 aromatic rings. The van der Waals surface area contributed by atoms with Crippen LogP contribution in [0.1, 0.15) is 0 Å². The summed E-state index contributed by atoms with van der Waals surface area (Å²) in [6.07, 6.45) is 0. The maximum Gasteiger partial charge on any atom is 0.0462 e. The van der Waals surface area contributed by atoms with E-state index in [-0.39, 0.29) is 0 Å². The lowest BCUT2D eigenvalue weighted by atomic mass is 9.89. The highest BCUT2D eigenvalue weighted by molar-refractivity contribution is 6.28. The van der Waals surface area contributed by atoms with Gasteiger partial charge in [-0.05, 0) is 152 Å². The number of nitrogens with zero attached hydrogens (tertiary/aromatic N) is 1. The van der Waals surface area contributed by atoms with Crippen LogP contribution in [0.15, 0.2) is 273 Å². The van der Waals surface area contributed by atoms with Crippen molar-refractivity contribution in [3.05, 3.63) is 273 Å². The van der Waals surface area contributed by atoms with Crippen LogP contribution in [0.25, 0.3) is 109 Å². The second kappa shape index (κ2) is 17.0. The predicted molar refractivity (Wildman–Crippen MR) is 296 cm³/mol. The van der Waals surface area contributed by atoms with Crippen LogP contribution in [-0.4, -0.2) is 0 Å². The molecular formula is C68H45N. The van der Waals surface area contributed by atoms with Gasteiger partial charge in [-0.3, -0.25) is 0 Å². The van der Waals surface area contributed by atoms with Gasteiger partial charge in [0.05, 0.1) is 0 Å². The Bertz CT molecular complexity index is 3980. The van der Waals surface area contributed by atoms with Gasteiger partial charge < -0.3 is 4.90 Å².